The quantitative estimate of drug-likeness (QED) is 0.443. The average molecular weight is 406 g/mol. The molecule has 10 heteroatoms. The summed E-state index contributed by atoms with van der Waals surface area (Å²) < 4.78 is 0. The molecule has 0 aromatic heterocycles. The van der Waals surface area contributed by atoms with E-state index in [1.807, 2.05) is 0 Å². The van der Waals surface area contributed by atoms with Gasteiger partial charge in [0.1, 0.15) is 11.6 Å². The maximum Gasteiger partial charge on any atom is 0.278 e. The van der Waals surface area contributed by atoms with E-state index in [2.05, 4.69) is 5.16 Å². The molecule has 0 radical (unpaired) electrons. The number of imide groups is 1. The minimum Gasteiger partial charge on any atom is -0.381 e. The fourth-order valence-electron chi connectivity index (χ4n) is 3.09. The first-order valence-electron chi connectivity index (χ1n) is 7.69. The van der Waals surface area contributed by atoms with Crippen LogP contribution in [0.5, 0.6) is 0 Å². The molecule has 0 aliphatic carbocycles. The van der Waals surface area contributed by atoms with Crippen molar-refractivity contribution in [3.8, 4) is 0 Å². The Bertz CT molecular complexity index is 1000. The first-order valence-corrected chi connectivity index (χ1v) is 8.45. The number of carbonyl (C=O) groups excluding carboxylic acids is 2. The van der Waals surface area contributed by atoms with Crippen LogP contribution in [0.25, 0.3) is 0 Å². The standard InChI is InChI=1S/C17H9Cl2N3O5/c18-9-5-10(19)7-12(6-9)21-16(23)13-14(20-27-15(13)17(21)24)8-1-3-11(4-2-8)22(25)26/h1-7,13,15H/t13-,15+/m1/s1. The Morgan fingerprint density at radius 3 is 2.26 bits per heavy atom. The topological polar surface area (TPSA) is 102 Å². The number of amides is 2. The molecule has 2 atom stereocenters. The number of rotatable bonds is 3. The molecule has 0 N–H and O–H groups in total. The lowest BCUT2D eigenvalue weighted by molar-refractivity contribution is -0.384. The van der Waals surface area contributed by atoms with Crippen LogP contribution in [-0.2, 0) is 14.4 Å². The third-order valence-electron chi connectivity index (χ3n) is 4.29. The number of nitro groups is 1. The number of non-ortho nitro benzene ring substituents is 1. The van der Waals surface area contributed by atoms with Gasteiger partial charge in [0.15, 0.2) is 0 Å². The van der Waals surface area contributed by atoms with Crippen molar-refractivity contribution >= 4 is 52.1 Å². The summed E-state index contributed by atoms with van der Waals surface area (Å²) in [6.07, 6.45) is -1.10. The summed E-state index contributed by atoms with van der Waals surface area (Å²) >= 11 is 11.9. The van der Waals surface area contributed by atoms with Crippen LogP contribution < -0.4 is 4.90 Å². The molecule has 4 rings (SSSR count). The van der Waals surface area contributed by atoms with E-state index in [4.69, 9.17) is 28.0 Å². The van der Waals surface area contributed by atoms with E-state index in [-0.39, 0.29) is 27.1 Å². The van der Waals surface area contributed by atoms with Gasteiger partial charge in [-0.3, -0.25) is 19.7 Å². The second kappa shape index (κ2) is 6.33. The number of oxime groups is 1. The number of carbonyl (C=O) groups is 2. The second-order valence-corrected chi connectivity index (χ2v) is 6.80. The van der Waals surface area contributed by atoms with Crippen molar-refractivity contribution in [3.05, 3.63) is 68.2 Å². The van der Waals surface area contributed by atoms with Gasteiger partial charge in [-0.1, -0.05) is 28.4 Å². The molecule has 0 saturated carbocycles. The molecular weight excluding hydrogens is 397 g/mol. The van der Waals surface area contributed by atoms with E-state index in [1.165, 1.54) is 42.5 Å². The van der Waals surface area contributed by atoms with Crippen LogP contribution in [0.1, 0.15) is 5.56 Å². The zero-order chi connectivity index (χ0) is 19.3. The third-order valence-corrected chi connectivity index (χ3v) is 4.73. The van der Waals surface area contributed by atoms with Crippen LogP contribution in [0, 0.1) is 16.0 Å². The van der Waals surface area contributed by atoms with Gasteiger partial charge < -0.3 is 4.84 Å². The summed E-state index contributed by atoms with van der Waals surface area (Å²) in [4.78, 5) is 42.0. The maximum atomic E-state index is 12.9. The first-order chi connectivity index (χ1) is 12.9. The van der Waals surface area contributed by atoms with Crippen LogP contribution in [0.15, 0.2) is 47.6 Å². The third kappa shape index (κ3) is 2.83. The zero-order valence-corrected chi connectivity index (χ0v) is 14.8. The van der Waals surface area contributed by atoms with Crippen molar-refractivity contribution in [1.29, 1.82) is 0 Å². The number of hydrogen-bond donors (Lipinski definition) is 0. The summed E-state index contributed by atoms with van der Waals surface area (Å²) in [5.41, 5.74) is 0.839. The molecule has 8 nitrogen and oxygen atoms in total. The molecule has 2 heterocycles. The van der Waals surface area contributed by atoms with Gasteiger partial charge in [0.05, 0.1) is 10.6 Å². The van der Waals surface area contributed by atoms with Gasteiger partial charge in [-0.25, -0.2) is 4.90 Å². The number of benzene rings is 2. The van der Waals surface area contributed by atoms with Gasteiger partial charge in [-0.2, -0.15) is 0 Å². The molecule has 2 aliphatic rings. The van der Waals surface area contributed by atoms with Crippen molar-refractivity contribution in [1.82, 2.24) is 0 Å². The predicted molar refractivity (Wildman–Crippen MR) is 97.0 cm³/mol. The fourth-order valence-corrected chi connectivity index (χ4v) is 3.61. The highest BCUT2D eigenvalue weighted by atomic mass is 35.5. The zero-order valence-electron chi connectivity index (χ0n) is 13.3. The summed E-state index contributed by atoms with van der Waals surface area (Å²) in [7, 11) is 0. The number of nitrogens with zero attached hydrogens (tertiary/aromatic N) is 3. The molecular formula is C17H9Cl2N3O5. The Hall–Kier alpha value is -2.97. The monoisotopic (exact) mass is 405 g/mol. The number of fused-ring (bicyclic) bond motifs is 1. The Morgan fingerprint density at radius 2 is 1.67 bits per heavy atom. The second-order valence-electron chi connectivity index (χ2n) is 5.92. The number of anilines is 1. The highest BCUT2D eigenvalue weighted by molar-refractivity contribution is 6.37. The Kier molecular flexibility index (Phi) is 4.09. The van der Waals surface area contributed by atoms with Crippen LogP contribution in [0.2, 0.25) is 10.0 Å². The lowest BCUT2D eigenvalue weighted by atomic mass is 9.94. The summed E-state index contributed by atoms with van der Waals surface area (Å²) in [6.45, 7) is 0. The van der Waals surface area contributed by atoms with Crippen LogP contribution >= 0.6 is 23.2 Å². The Balaban J connectivity index is 1.68. The normalized spacial score (nSPS) is 21.1. The van der Waals surface area contributed by atoms with Crippen molar-refractivity contribution in [2.45, 2.75) is 6.10 Å². The highest BCUT2D eigenvalue weighted by Gasteiger charge is 2.56. The van der Waals surface area contributed by atoms with Gasteiger partial charge in [0, 0.05) is 27.7 Å². The summed E-state index contributed by atoms with van der Waals surface area (Å²) in [6, 6.07) is 9.89. The van der Waals surface area contributed by atoms with Crippen molar-refractivity contribution in [2.24, 2.45) is 11.1 Å². The number of hydrogen-bond acceptors (Lipinski definition) is 6. The van der Waals surface area contributed by atoms with Gasteiger partial charge in [0.2, 0.25) is 12.0 Å². The van der Waals surface area contributed by atoms with Gasteiger partial charge in [-0.15, -0.1) is 0 Å². The molecule has 2 aromatic rings. The minimum atomic E-state index is -1.10. The van der Waals surface area contributed by atoms with E-state index in [0.717, 1.165) is 4.90 Å². The van der Waals surface area contributed by atoms with E-state index in [1.54, 1.807) is 0 Å². The SMILES string of the molecule is O=C1[C@@H]2C(c3ccc([N+](=O)[O-])cc3)=NO[C@@H]2C(=O)N1c1cc(Cl)cc(Cl)c1. The molecule has 2 amide bonds. The maximum absolute atomic E-state index is 12.9. The van der Waals surface area contributed by atoms with Gasteiger partial charge >= 0.3 is 0 Å². The molecule has 2 aromatic carbocycles. The molecule has 136 valence electrons. The predicted octanol–water partition coefficient (Wildman–Crippen LogP) is 3.19. The fraction of sp³-hybridized carbons (Fsp3) is 0.118. The van der Waals surface area contributed by atoms with E-state index in [9.17, 15) is 19.7 Å². The van der Waals surface area contributed by atoms with Crippen LogP contribution in [0.3, 0.4) is 0 Å². The smallest absolute Gasteiger partial charge is 0.278 e. The van der Waals surface area contributed by atoms with E-state index in [0.29, 0.717) is 5.56 Å². The summed E-state index contributed by atoms with van der Waals surface area (Å²) in [5, 5.41) is 15.2. The largest absolute Gasteiger partial charge is 0.381 e. The van der Waals surface area contributed by atoms with Crippen LogP contribution in [0.4, 0.5) is 11.4 Å². The molecule has 27 heavy (non-hydrogen) atoms. The minimum absolute atomic E-state index is 0.0983. The molecule has 0 unspecified atom stereocenters. The van der Waals surface area contributed by atoms with Crippen LogP contribution in [-0.4, -0.2) is 28.6 Å². The van der Waals surface area contributed by atoms with Gasteiger partial charge in [0.25, 0.3) is 11.6 Å². The molecule has 1 fully saturated rings. The Labute approximate surface area is 162 Å². The summed E-state index contributed by atoms with van der Waals surface area (Å²) in [5.74, 6) is -2.06. The van der Waals surface area contributed by atoms with E-state index >= 15 is 0 Å². The lowest BCUT2D eigenvalue weighted by Crippen LogP contribution is -2.33. The van der Waals surface area contributed by atoms with Crippen molar-refractivity contribution in [2.75, 3.05) is 4.90 Å². The first kappa shape index (κ1) is 17.4. The van der Waals surface area contributed by atoms with Crippen molar-refractivity contribution < 1.29 is 19.3 Å². The number of halogens is 2. The lowest BCUT2D eigenvalue weighted by Gasteiger charge is -2.16. The van der Waals surface area contributed by atoms with Crippen molar-refractivity contribution in [3.63, 3.8) is 0 Å². The average Bonchev–Trinajstić information content (AvgIpc) is 3.15. The molecule has 1 saturated heterocycles. The molecule has 0 spiro atoms. The molecule has 2 aliphatic heterocycles. The Morgan fingerprint density at radius 1 is 1.04 bits per heavy atom. The molecule has 0 bridgehead atoms. The van der Waals surface area contributed by atoms with Gasteiger partial charge in [-0.05, 0) is 30.3 Å². The highest BCUT2D eigenvalue weighted by Crippen LogP contribution is 2.37. The number of nitro benzene ring substituents is 1. The van der Waals surface area contributed by atoms with E-state index < -0.39 is 28.8 Å².